The Bertz CT molecular complexity index is 630. The number of nitrogens with one attached hydrogen (secondary N) is 1. The maximum Gasteiger partial charge on any atom is 0.401 e. The third-order valence-corrected chi connectivity index (χ3v) is 5.05. The number of halogens is 4. The van der Waals surface area contributed by atoms with Crippen molar-refractivity contribution in [1.29, 1.82) is 0 Å². The first-order valence-corrected chi connectivity index (χ1v) is 10.3. The highest BCUT2D eigenvalue weighted by atomic mass is 127. The Kier molecular flexibility index (Phi) is 12.0. The number of nitrogens with zero attached hydrogens (tertiary/aromatic N) is 3. The first-order valence-electron chi connectivity index (χ1n) is 10.3. The second-order valence-corrected chi connectivity index (χ2v) is 7.58. The van der Waals surface area contributed by atoms with E-state index in [1.807, 2.05) is 37.3 Å². The molecule has 2 unspecified atom stereocenters. The Hall–Kier alpha value is -1.07. The number of rotatable bonds is 9. The molecule has 2 N–H and O–H groups in total. The van der Waals surface area contributed by atoms with Gasteiger partial charge < -0.3 is 15.3 Å². The van der Waals surface area contributed by atoms with Crippen LogP contribution in [0.1, 0.15) is 25.8 Å². The predicted octanol–water partition coefficient (Wildman–Crippen LogP) is 3.38. The summed E-state index contributed by atoms with van der Waals surface area (Å²) >= 11 is 0. The molecule has 2 atom stereocenters. The number of aliphatic hydroxyl groups excluding tert-OH is 1. The minimum atomic E-state index is -4.17. The van der Waals surface area contributed by atoms with E-state index >= 15 is 0 Å². The molecule has 0 saturated carbocycles. The molecule has 0 aliphatic carbocycles. The molecular weight excluding hydrogens is 508 g/mol. The van der Waals surface area contributed by atoms with Crippen LogP contribution in [-0.4, -0.2) is 79.0 Å². The van der Waals surface area contributed by atoms with Crippen molar-refractivity contribution in [3.05, 3.63) is 35.9 Å². The van der Waals surface area contributed by atoms with Gasteiger partial charge in [0.25, 0.3) is 0 Å². The maximum atomic E-state index is 12.7. The van der Waals surface area contributed by atoms with Gasteiger partial charge in [-0.05, 0) is 31.4 Å². The number of hydrogen-bond acceptors (Lipinski definition) is 3. The standard InChI is InChI=1S/C21H33F3N4O.HI/c1-3-25-20(26-13-19(29)12-17-8-6-5-7-9-17)28-11-10-18(15-28)14-27(4-2)16-21(22,23)24;/h5-9,18-19,29H,3-4,10-16H2,1-2H3,(H,25,26);1H. The van der Waals surface area contributed by atoms with Gasteiger partial charge in [-0.2, -0.15) is 13.2 Å². The lowest BCUT2D eigenvalue weighted by atomic mass is 10.1. The van der Waals surface area contributed by atoms with Crippen molar-refractivity contribution in [3.8, 4) is 0 Å². The van der Waals surface area contributed by atoms with Gasteiger partial charge in [-0.1, -0.05) is 37.3 Å². The van der Waals surface area contributed by atoms with E-state index in [-0.39, 0.29) is 36.4 Å². The zero-order chi connectivity index (χ0) is 21.3. The smallest absolute Gasteiger partial charge is 0.391 e. The molecule has 0 amide bonds. The molecule has 1 saturated heterocycles. The van der Waals surface area contributed by atoms with Crippen molar-refractivity contribution >= 4 is 29.9 Å². The SMILES string of the molecule is CCNC(=NCC(O)Cc1ccccc1)N1CCC(CN(CC)CC(F)(F)F)C1.I. The summed E-state index contributed by atoms with van der Waals surface area (Å²) in [5, 5.41) is 13.5. The van der Waals surface area contributed by atoms with Gasteiger partial charge in [-0.15, -0.1) is 24.0 Å². The molecule has 1 heterocycles. The van der Waals surface area contributed by atoms with Crippen LogP contribution in [0.5, 0.6) is 0 Å². The van der Waals surface area contributed by atoms with Crippen LogP contribution in [0.25, 0.3) is 0 Å². The lowest BCUT2D eigenvalue weighted by Crippen LogP contribution is -2.42. The number of likely N-dealkylation sites (tertiary alicyclic amines) is 1. The minimum Gasteiger partial charge on any atom is -0.391 e. The number of aliphatic hydroxyl groups is 1. The average molecular weight is 542 g/mol. The second kappa shape index (κ2) is 13.4. The van der Waals surface area contributed by atoms with Crippen molar-refractivity contribution < 1.29 is 18.3 Å². The van der Waals surface area contributed by atoms with Crippen LogP contribution in [-0.2, 0) is 6.42 Å². The zero-order valence-corrected chi connectivity index (χ0v) is 20.1. The van der Waals surface area contributed by atoms with Gasteiger partial charge in [0.2, 0.25) is 0 Å². The van der Waals surface area contributed by atoms with Gasteiger partial charge in [0.05, 0.1) is 19.2 Å². The molecule has 0 aromatic heterocycles. The summed E-state index contributed by atoms with van der Waals surface area (Å²) < 4.78 is 38.1. The molecular formula is C21H34F3IN4O. The van der Waals surface area contributed by atoms with E-state index in [1.165, 1.54) is 4.90 Å². The highest BCUT2D eigenvalue weighted by Crippen LogP contribution is 2.21. The molecule has 1 aromatic carbocycles. The first kappa shape index (κ1) is 27.0. The third kappa shape index (κ3) is 9.82. The Balaban J connectivity index is 0.00000450. The maximum absolute atomic E-state index is 12.7. The van der Waals surface area contributed by atoms with E-state index in [4.69, 9.17) is 0 Å². The lowest BCUT2D eigenvalue weighted by Gasteiger charge is -2.26. The van der Waals surface area contributed by atoms with Gasteiger partial charge in [0.15, 0.2) is 5.96 Å². The van der Waals surface area contributed by atoms with Gasteiger partial charge in [-0.25, -0.2) is 0 Å². The van der Waals surface area contributed by atoms with Gasteiger partial charge in [-0.3, -0.25) is 9.89 Å². The molecule has 0 radical (unpaired) electrons. The van der Waals surface area contributed by atoms with Gasteiger partial charge >= 0.3 is 6.18 Å². The van der Waals surface area contributed by atoms with Gasteiger partial charge in [0.1, 0.15) is 0 Å². The van der Waals surface area contributed by atoms with Crippen LogP contribution in [0.4, 0.5) is 13.2 Å². The Labute approximate surface area is 194 Å². The van der Waals surface area contributed by atoms with Crippen molar-refractivity contribution in [2.45, 2.75) is 39.0 Å². The molecule has 1 aromatic rings. The van der Waals surface area contributed by atoms with E-state index in [0.29, 0.717) is 32.6 Å². The number of guanidine groups is 1. The number of alkyl halides is 3. The van der Waals surface area contributed by atoms with E-state index < -0.39 is 18.8 Å². The topological polar surface area (TPSA) is 51.1 Å². The molecule has 5 nitrogen and oxygen atoms in total. The van der Waals surface area contributed by atoms with Crippen LogP contribution in [0.3, 0.4) is 0 Å². The number of aliphatic imine (C=N–C) groups is 1. The summed E-state index contributed by atoms with van der Waals surface area (Å²) in [6.45, 7) is 6.11. The molecule has 172 valence electrons. The lowest BCUT2D eigenvalue weighted by molar-refractivity contribution is -0.146. The second-order valence-electron chi connectivity index (χ2n) is 7.58. The van der Waals surface area contributed by atoms with Crippen LogP contribution >= 0.6 is 24.0 Å². The molecule has 9 heteroatoms. The fourth-order valence-corrected chi connectivity index (χ4v) is 3.67. The van der Waals surface area contributed by atoms with E-state index in [1.54, 1.807) is 6.92 Å². The van der Waals surface area contributed by atoms with Crippen molar-refractivity contribution in [3.63, 3.8) is 0 Å². The minimum absolute atomic E-state index is 0. The molecule has 2 rings (SSSR count). The molecule has 0 spiro atoms. The summed E-state index contributed by atoms with van der Waals surface area (Å²) in [5.74, 6) is 0.899. The largest absolute Gasteiger partial charge is 0.401 e. The molecule has 1 fully saturated rings. The summed E-state index contributed by atoms with van der Waals surface area (Å²) in [4.78, 5) is 8.12. The predicted molar refractivity (Wildman–Crippen MR) is 125 cm³/mol. The molecule has 1 aliphatic heterocycles. The fourth-order valence-electron chi connectivity index (χ4n) is 3.67. The summed E-state index contributed by atoms with van der Waals surface area (Å²) in [6, 6.07) is 9.78. The quantitative estimate of drug-likeness (QED) is 0.286. The fraction of sp³-hybridized carbons (Fsp3) is 0.667. The van der Waals surface area contributed by atoms with E-state index in [2.05, 4.69) is 15.2 Å². The Morgan fingerprint density at radius 1 is 1.30 bits per heavy atom. The average Bonchev–Trinajstić information content (AvgIpc) is 3.12. The normalized spacial score (nSPS) is 18.4. The Morgan fingerprint density at radius 3 is 2.60 bits per heavy atom. The highest BCUT2D eigenvalue weighted by molar-refractivity contribution is 14.0. The van der Waals surface area contributed by atoms with Crippen LogP contribution in [0, 0.1) is 5.92 Å². The third-order valence-electron chi connectivity index (χ3n) is 5.05. The van der Waals surface area contributed by atoms with Crippen molar-refractivity contribution in [2.24, 2.45) is 10.9 Å². The zero-order valence-electron chi connectivity index (χ0n) is 17.7. The summed E-state index contributed by atoms with van der Waals surface area (Å²) in [5.41, 5.74) is 1.06. The first-order chi connectivity index (χ1) is 13.8. The van der Waals surface area contributed by atoms with Crippen molar-refractivity contribution in [1.82, 2.24) is 15.1 Å². The molecule has 0 bridgehead atoms. The van der Waals surface area contributed by atoms with E-state index in [0.717, 1.165) is 24.5 Å². The molecule has 1 aliphatic rings. The monoisotopic (exact) mass is 542 g/mol. The van der Waals surface area contributed by atoms with Gasteiger partial charge in [0, 0.05) is 32.6 Å². The highest BCUT2D eigenvalue weighted by Gasteiger charge is 2.33. The Morgan fingerprint density at radius 2 is 2.00 bits per heavy atom. The van der Waals surface area contributed by atoms with Crippen LogP contribution in [0.2, 0.25) is 0 Å². The number of benzene rings is 1. The summed E-state index contributed by atoms with van der Waals surface area (Å²) in [6.07, 6.45) is -3.37. The summed E-state index contributed by atoms with van der Waals surface area (Å²) in [7, 11) is 0. The van der Waals surface area contributed by atoms with E-state index in [9.17, 15) is 18.3 Å². The number of hydrogen-bond donors (Lipinski definition) is 2. The van der Waals surface area contributed by atoms with Crippen LogP contribution in [0.15, 0.2) is 35.3 Å². The molecule has 30 heavy (non-hydrogen) atoms. The van der Waals surface area contributed by atoms with Crippen molar-refractivity contribution in [2.75, 3.05) is 45.8 Å². The van der Waals surface area contributed by atoms with Crippen LogP contribution < -0.4 is 5.32 Å².